The first-order valence-corrected chi connectivity index (χ1v) is 9.97. The van der Waals surface area contributed by atoms with Gasteiger partial charge < -0.3 is 0 Å². The Hall–Kier alpha value is 0.0895. The molecule has 0 heterocycles. The maximum atomic E-state index is 2.32. The van der Waals surface area contributed by atoms with Crippen molar-refractivity contribution >= 4 is 31.2 Å². The Balaban J connectivity index is 1.90. The predicted molar refractivity (Wildman–Crippen MR) is 92.6 cm³/mol. The van der Waals surface area contributed by atoms with E-state index in [1.807, 2.05) is 0 Å². The molecule has 1 aromatic rings. The molecule has 1 atom stereocenters. The van der Waals surface area contributed by atoms with Crippen LogP contribution in [-0.2, 0) is 0 Å². The summed E-state index contributed by atoms with van der Waals surface area (Å²) in [4.78, 5) is 1.56. The Morgan fingerprint density at radius 3 is 2.50 bits per heavy atom. The molecule has 2 heteroatoms. The van der Waals surface area contributed by atoms with Crippen LogP contribution >= 0.6 is 11.8 Å². The van der Waals surface area contributed by atoms with E-state index in [1.54, 1.807) is 10.7 Å². The van der Waals surface area contributed by atoms with Crippen molar-refractivity contribution < 1.29 is 0 Å². The molecule has 0 spiro atoms. The molecule has 5 radical (unpaired) electrons. The molecular weight excluding hydrogens is 327 g/mol. The van der Waals surface area contributed by atoms with Crippen molar-refractivity contribution in [1.82, 2.24) is 0 Å². The van der Waals surface area contributed by atoms with E-state index in [9.17, 15) is 0 Å². The molecule has 2 rings (SSSR count). The Kier molecular flexibility index (Phi) is 7.01. The quantitative estimate of drug-likeness (QED) is 0.669. The van der Waals surface area contributed by atoms with Crippen LogP contribution in [-0.4, -0.2) is 25.5 Å². The first-order chi connectivity index (χ1) is 9.69. The molecule has 107 valence electrons. The van der Waals surface area contributed by atoms with E-state index >= 15 is 0 Å². The normalized spacial score (nSPS) is 18.8. The minimum absolute atomic E-state index is 0.445. The molecule has 0 aromatic heterocycles. The molecule has 0 nitrogen and oxygen atoms in total. The van der Waals surface area contributed by atoms with Crippen LogP contribution in [0.25, 0.3) is 0 Å². The van der Waals surface area contributed by atoms with E-state index in [0.29, 0.717) is 15.0 Å². The molecule has 1 fully saturated rings. The Morgan fingerprint density at radius 1 is 1.10 bits per heavy atom. The van der Waals surface area contributed by atoms with Gasteiger partial charge in [0.25, 0.3) is 0 Å². The summed E-state index contributed by atoms with van der Waals surface area (Å²) in [7, 11) is 0. The van der Waals surface area contributed by atoms with E-state index in [1.165, 1.54) is 17.3 Å². The summed E-state index contributed by atoms with van der Waals surface area (Å²) < 4.78 is 1.47. The van der Waals surface area contributed by atoms with E-state index in [2.05, 4.69) is 82.1 Å². The van der Waals surface area contributed by atoms with Gasteiger partial charge in [-0.1, -0.05) is 0 Å². The fraction of sp³-hybridized carbons (Fsp3) is 0.389. The summed E-state index contributed by atoms with van der Waals surface area (Å²) in [6.07, 6.45) is 9.34. The van der Waals surface area contributed by atoms with E-state index in [4.69, 9.17) is 0 Å². The molecule has 1 saturated carbocycles. The molecule has 1 aromatic carbocycles. The van der Waals surface area contributed by atoms with Gasteiger partial charge in [-0.15, -0.1) is 0 Å². The predicted octanol–water partition coefficient (Wildman–Crippen LogP) is 4.06. The molecule has 0 unspecified atom stereocenters. The third-order valence-electron chi connectivity index (χ3n) is 3.20. The van der Waals surface area contributed by atoms with Crippen LogP contribution in [0, 0.1) is 30.0 Å². The standard InChI is InChI=1S/C18H23SSe/c1-4-16(19-14(2)3)13-15-9-8-12-18(15)20-17-10-6-5-7-11-17/h5-12,14,16H,4,13H2,1-3H3/t16-/m1/s1. The number of rotatable bonds is 7. The number of benzene rings is 1. The Morgan fingerprint density at radius 2 is 1.85 bits per heavy atom. The van der Waals surface area contributed by atoms with Crippen LogP contribution in [0.1, 0.15) is 33.6 Å². The van der Waals surface area contributed by atoms with Crippen molar-refractivity contribution in [3.05, 3.63) is 60.3 Å². The molecule has 1 aliphatic rings. The third-order valence-corrected chi connectivity index (χ3v) is 6.99. The fourth-order valence-corrected chi connectivity index (χ4v) is 5.53. The molecule has 0 N–H and O–H groups in total. The summed E-state index contributed by atoms with van der Waals surface area (Å²) in [5.74, 6) is 1.56. The van der Waals surface area contributed by atoms with Gasteiger partial charge in [0.1, 0.15) is 0 Å². The van der Waals surface area contributed by atoms with Crippen molar-refractivity contribution in [2.45, 2.75) is 44.1 Å². The average Bonchev–Trinajstić information content (AvgIpc) is 2.86. The summed E-state index contributed by atoms with van der Waals surface area (Å²) in [5.41, 5.74) is 0. The molecule has 20 heavy (non-hydrogen) atoms. The first kappa shape index (κ1) is 16.5. The molecule has 0 bridgehead atoms. The average molecular weight is 350 g/mol. The van der Waals surface area contributed by atoms with Crippen LogP contribution in [0.2, 0.25) is 0 Å². The molecule has 0 amide bonds. The van der Waals surface area contributed by atoms with Crippen molar-refractivity contribution in [2.75, 3.05) is 0 Å². The van der Waals surface area contributed by atoms with Crippen LogP contribution in [0.15, 0.2) is 30.3 Å². The van der Waals surface area contributed by atoms with E-state index < -0.39 is 0 Å². The molecule has 0 saturated heterocycles. The summed E-state index contributed by atoms with van der Waals surface area (Å²) >= 11 is 2.57. The Bertz CT molecular complexity index is 376. The van der Waals surface area contributed by atoms with Gasteiger partial charge in [-0.3, -0.25) is 0 Å². The van der Waals surface area contributed by atoms with Crippen molar-refractivity contribution in [2.24, 2.45) is 0 Å². The SMILES string of the molecule is CC[C@H](C[C]1[CH][CH][CH][C]1[Se]c1ccccc1)SC(C)C. The van der Waals surface area contributed by atoms with Gasteiger partial charge in [-0.05, 0) is 0 Å². The van der Waals surface area contributed by atoms with Crippen molar-refractivity contribution in [3.63, 3.8) is 0 Å². The zero-order valence-corrected chi connectivity index (χ0v) is 15.0. The van der Waals surface area contributed by atoms with Crippen LogP contribution in [0.5, 0.6) is 0 Å². The van der Waals surface area contributed by atoms with Gasteiger partial charge in [0.15, 0.2) is 0 Å². The van der Waals surface area contributed by atoms with Crippen molar-refractivity contribution in [1.29, 1.82) is 0 Å². The van der Waals surface area contributed by atoms with Gasteiger partial charge in [0.2, 0.25) is 0 Å². The monoisotopic (exact) mass is 351 g/mol. The fourth-order valence-electron chi connectivity index (χ4n) is 2.24. The molecule has 0 aliphatic heterocycles. The molecule has 1 aliphatic carbocycles. The zero-order valence-electron chi connectivity index (χ0n) is 12.5. The van der Waals surface area contributed by atoms with Gasteiger partial charge in [0.05, 0.1) is 0 Å². The number of thioether (sulfide) groups is 1. The minimum atomic E-state index is 0.445. The Labute approximate surface area is 135 Å². The van der Waals surface area contributed by atoms with Gasteiger partial charge in [0, 0.05) is 0 Å². The number of hydrogen-bond donors (Lipinski definition) is 0. The summed E-state index contributed by atoms with van der Waals surface area (Å²) in [6, 6.07) is 10.9. The van der Waals surface area contributed by atoms with Crippen LogP contribution in [0.3, 0.4) is 0 Å². The number of hydrogen-bond acceptors (Lipinski definition) is 1. The van der Waals surface area contributed by atoms with Crippen LogP contribution in [0.4, 0.5) is 0 Å². The van der Waals surface area contributed by atoms with Gasteiger partial charge in [-0.25, -0.2) is 0 Å². The summed E-state index contributed by atoms with van der Waals surface area (Å²) in [5, 5.41) is 1.47. The third kappa shape index (κ3) is 5.13. The second-order valence-electron chi connectivity index (χ2n) is 5.25. The van der Waals surface area contributed by atoms with E-state index in [-0.39, 0.29) is 0 Å². The molecular formula is C18H23SSe. The van der Waals surface area contributed by atoms with E-state index in [0.717, 1.165) is 10.5 Å². The summed E-state index contributed by atoms with van der Waals surface area (Å²) in [6.45, 7) is 6.91. The van der Waals surface area contributed by atoms with Gasteiger partial charge >= 0.3 is 136 Å². The van der Waals surface area contributed by atoms with Gasteiger partial charge in [-0.2, -0.15) is 0 Å². The maximum absolute atomic E-state index is 2.32. The zero-order chi connectivity index (χ0) is 14.4. The second-order valence-corrected chi connectivity index (χ2v) is 9.47. The first-order valence-electron chi connectivity index (χ1n) is 7.32. The topological polar surface area (TPSA) is 0 Å². The second kappa shape index (κ2) is 8.51. The van der Waals surface area contributed by atoms with Crippen molar-refractivity contribution in [3.8, 4) is 0 Å². The van der Waals surface area contributed by atoms with Crippen LogP contribution < -0.4 is 4.46 Å².